The molecule has 2 heterocycles. The lowest BCUT2D eigenvalue weighted by molar-refractivity contribution is -0.154. The second kappa shape index (κ2) is 8.39. The monoisotopic (exact) mass is 390 g/mol. The van der Waals surface area contributed by atoms with E-state index in [4.69, 9.17) is 23.7 Å². The van der Waals surface area contributed by atoms with Crippen LogP contribution < -0.4 is 9.47 Å². The number of hydrogen-bond donors (Lipinski definition) is 0. The molecule has 0 bridgehead atoms. The Balaban J connectivity index is 1.88. The fraction of sp³-hybridized carbons (Fsp3) is 0.474. The molecule has 0 spiro atoms. The molecule has 0 radical (unpaired) electrons. The number of esters is 2. The second-order valence-corrected chi connectivity index (χ2v) is 6.35. The fourth-order valence-electron chi connectivity index (χ4n) is 3.16. The maximum atomic E-state index is 11.4. The minimum atomic E-state index is -0.539. The zero-order chi connectivity index (χ0) is 20.3. The van der Waals surface area contributed by atoms with Crippen LogP contribution in [0.25, 0.3) is 10.9 Å². The molecule has 1 fully saturated rings. The first-order valence-corrected chi connectivity index (χ1v) is 8.77. The minimum Gasteiger partial charge on any atom is -0.480 e. The van der Waals surface area contributed by atoms with E-state index in [0.29, 0.717) is 23.2 Å². The van der Waals surface area contributed by atoms with Crippen molar-refractivity contribution < 1.29 is 33.3 Å². The van der Waals surface area contributed by atoms with Gasteiger partial charge in [0.2, 0.25) is 5.88 Å². The van der Waals surface area contributed by atoms with Gasteiger partial charge in [0.15, 0.2) is 0 Å². The standard InChI is InChI=1S/C19H22N2O7/c1-10(22)26-9-17-16(27-11(2)23)8-15(28-17)12-5-6-14-13(7-12)18(24-3)21-19(20-14)25-4/h5-7,15-17H,8-9H2,1-4H3/t15-,16+,17-/m1/s1. The highest BCUT2D eigenvalue weighted by Gasteiger charge is 2.39. The van der Waals surface area contributed by atoms with Gasteiger partial charge in [-0.15, -0.1) is 0 Å². The van der Waals surface area contributed by atoms with Crippen LogP contribution in [-0.2, 0) is 23.8 Å². The summed E-state index contributed by atoms with van der Waals surface area (Å²) in [5.74, 6) is -0.451. The SMILES string of the molecule is COc1nc(OC)c2cc([C@H]3C[C@H](OC(C)=O)[C@@H](COC(C)=O)O3)ccc2n1. The molecule has 0 amide bonds. The second-order valence-electron chi connectivity index (χ2n) is 6.35. The van der Waals surface area contributed by atoms with E-state index < -0.39 is 24.1 Å². The number of carbonyl (C=O) groups excluding carboxylic acids is 2. The highest BCUT2D eigenvalue weighted by atomic mass is 16.6. The van der Waals surface area contributed by atoms with Gasteiger partial charge in [0.05, 0.1) is 31.2 Å². The third-order valence-corrected chi connectivity index (χ3v) is 4.38. The lowest BCUT2D eigenvalue weighted by Gasteiger charge is -2.17. The van der Waals surface area contributed by atoms with Gasteiger partial charge in [0.1, 0.15) is 18.8 Å². The van der Waals surface area contributed by atoms with E-state index in [1.54, 1.807) is 0 Å². The average Bonchev–Trinajstić information content (AvgIpc) is 3.06. The molecule has 0 unspecified atom stereocenters. The Labute approximate surface area is 161 Å². The van der Waals surface area contributed by atoms with Crippen LogP contribution >= 0.6 is 0 Å². The van der Waals surface area contributed by atoms with Gasteiger partial charge in [-0.05, 0) is 17.7 Å². The number of methoxy groups -OCH3 is 2. The molecule has 9 heteroatoms. The van der Waals surface area contributed by atoms with Crippen molar-refractivity contribution in [1.82, 2.24) is 9.97 Å². The predicted octanol–water partition coefficient (Wildman–Crippen LogP) is 1.97. The Bertz CT molecular complexity index is 886. The lowest BCUT2D eigenvalue weighted by Crippen LogP contribution is -2.31. The number of benzene rings is 1. The molecule has 2 aromatic rings. The minimum absolute atomic E-state index is 0.0149. The van der Waals surface area contributed by atoms with Crippen LogP contribution in [0.15, 0.2) is 18.2 Å². The molecule has 1 aliphatic heterocycles. The quantitative estimate of drug-likeness (QED) is 0.684. The van der Waals surface area contributed by atoms with Crippen LogP contribution in [0.3, 0.4) is 0 Å². The fourth-order valence-corrected chi connectivity index (χ4v) is 3.16. The summed E-state index contributed by atoms with van der Waals surface area (Å²) in [6.07, 6.45) is -0.953. The Morgan fingerprint density at radius 2 is 1.93 bits per heavy atom. The number of rotatable bonds is 6. The van der Waals surface area contributed by atoms with Gasteiger partial charge in [-0.2, -0.15) is 9.97 Å². The predicted molar refractivity (Wildman–Crippen MR) is 97.1 cm³/mol. The molecule has 1 aliphatic rings. The van der Waals surface area contributed by atoms with Crippen LogP contribution in [0.4, 0.5) is 0 Å². The maximum Gasteiger partial charge on any atom is 0.320 e. The molecule has 3 atom stereocenters. The summed E-state index contributed by atoms with van der Waals surface area (Å²) in [4.78, 5) is 31.0. The first-order valence-electron chi connectivity index (χ1n) is 8.77. The highest BCUT2D eigenvalue weighted by Crippen LogP contribution is 2.37. The molecule has 28 heavy (non-hydrogen) atoms. The van der Waals surface area contributed by atoms with Crippen molar-refractivity contribution in [3.05, 3.63) is 23.8 Å². The highest BCUT2D eigenvalue weighted by molar-refractivity contribution is 5.84. The molecule has 0 N–H and O–H groups in total. The van der Waals surface area contributed by atoms with Crippen LogP contribution in [0.5, 0.6) is 11.9 Å². The molecule has 1 saturated heterocycles. The number of ether oxygens (including phenoxy) is 5. The van der Waals surface area contributed by atoms with Gasteiger partial charge < -0.3 is 23.7 Å². The topological polar surface area (TPSA) is 106 Å². The molecule has 150 valence electrons. The number of hydrogen-bond acceptors (Lipinski definition) is 9. The summed E-state index contributed by atoms with van der Waals surface area (Å²) in [5.41, 5.74) is 1.51. The van der Waals surface area contributed by atoms with Gasteiger partial charge in [0, 0.05) is 20.3 Å². The third kappa shape index (κ3) is 4.30. The third-order valence-electron chi connectivity index (χ3n) is 4.38. The van der Waals surface area contributed by atoms with Crippen molar-refractivity contribution in [3.63, 3.8) is 0 Å². The van der Waals surface area contributed by atoms with Crippen molar-refractivity contribution in [1.29, 1.82) is 0 Å². The Morgan fingerprint density at radius 3 is 2.57 bits per heavy atom. The molecule has 1 aromatic carbocycles. The normalized spacial score (nSPS) is 21.4. The maximum absolute atomic E-state index is 11.4. The zero-order valence-electron chi connectivity index (χ0n) is 16.1. The van der Waals surface area contributed by atoms with Gasteiger partial charge in [-0.3, -0.25) is 9.59 Å². The number of nitrogens with zero attached hydrogens (tertiary/aromatic N) is 2. The van der Waals surface area contributed by atoms with Crippen LogP contribution in [0.1, 0.15) is 31.9 Å². The summed E-state index contributed by atoms with van der Waals surface area (Å²) in [5, 5.41) is 0.705. The molecule has 1 aromatic heterocycles. The Morgan fingerprint density at radius 1 is 1.14 bits per heavy atom. The van der Waals surface area contributed by atoms with Crippen molar-refractivity contribution in [2.75, 3.05) is 20.8 Å². The van der Waals surface area contributed by atoms with E-state index in [1.807, 2.05) is 18.2 Å². The van der Waals surface area contributed by atoms with Crippen molar-refractivity contribution in [2.45, 2.75) is 38.6 Å². The molecular formula is C19H22N2O7. The number of fused-ring (bicyclic) bond motifs is 1. The van der Waals surface area contributed by atoms with E-state index >= 15 is 0 Å². The van der Waals surface area contributed by atoms with Crippen molar-refractivity contribution in [2.24, 2.45) is 0 Å². The van der Waals surface area contributed by atoms with Gasteiger partial charge in [-0.1, -0.05) is 6.07 Å². The van der Waals surface area contributed by atoms with E-state index in [2.05, 4.69) is 9.97 Å². The molecule has 3 rings (SSSR count). The summed E-state index contributed by atoms with van der Waals surface area (Å²) in [6.45, 7) is 2.67. The molecular weight excluding hydrogens is 368 g/mol. The first-order chi connectivity index (χ1) is 13.4. The van der Waals surface area contributed by atoms with Gasteiger partial charge in [0.25, 0.3) is 0 Å². The van der Waals surface area contributed by atoms with E-state index in [9.17, 15) is 9.59 Å². The van der Waals surface area contributed by atoms with Crippen molar-refractivity contribution >= 4 is 22.8 Å². The van der Waals surface area contributed by atoms with Crippen LogP contribution in [-0.4, -0.2) is 54.9 Å². The largest absolute Gasteiger partial charge is 0.480 e. The van der Waals surface area contributed by atoms with E-state index in [-0.39, 0.29) is 18.7 Å². The van der Waals surface area contributed by atoms with Gasteiger partial charge in [-0.25, -0.2) is 0 Å². The smallest absolute Gasteiger partial charge is 0.320 e. The summed E-state index contributed by atoms with van der Waals surface area (Å²) in [6, 6.07) is 5.78. The van der Waals surface area contributed by atoms with E-state index in [0.717, 1.165) is 5.56 Å². The summed E-state index contributed by atoms with van der Waals surface area (Å²) in [7, 11) is 3.01. The zero-order valence-corrected chi connectivity index (χ0v) is 16.1. The number of carbonyl (C=O) groups is 2. The van der Waals surface area contributed by atoms with E-state index in [1.165, 1.54) is 28.1 Å². The van der Waals surface area contributed by atoms with Crippen molar-refractivity contribution in [3.8, 4) is 11.9 Å². The first kappa shape index (κ1) is 19.8. The average molecular weight is 390 g/mol. The van der Waals surface area contributed by atoms with Crippen LogP contribution in [0.2, 0.25) is 0 Å². The molecule has 0 saturated carbocycles. The Kier molecular flexibility index (Phi) is 5.93. The van der Waals surface area contributed by atoms with Gasteiger partial charge >= 0.3 is 17.9 Å². The summed E-state index contributed by atoms with van der Waals surface area (Å²) < 4.78 is 26.9. The number of aromatic nitrogens is 2. The lowest BCUT2D eigenvalue weighted by atomic mass is 10.0. The Hall–Kier alpha value is -2.94. The molecule has 9 nitrogen and oxygen atoms in total. The summed E-state index contributed by atoms with van der Waals surface area (Å²) >= 11 is 0. The van der Waals surface area contributed by atoms with Crippen LogP contribution in [0, 0.1) is 0 Å². The molecule has 0 aliphatic carbocycles.